The van der Waals surface area contributed by atoms with E-state index in [0.29, 0.717) is 19.1 Å². The number of piperidine rings is 1. The van der Waals surface area contributed by atoms with Crippen molar-refractivity contribution < 1.29 is 14.6 Å². The summed E-state index contributed by atoms with van der Waals surface area (Å²) in [5.41, 5.74) is 1.17. The molecule has 0 unspecified atom stereocenters. The van der Waals surface area contributed by atoms with Crippen molar-refractivity contribution in [1.29, 1.82) is 0 Å². The normalized spacial score (nSPS) is 21.7. The van der Waals surface area contributed by atoms with Crippen molar-refractivity contribution in [2.75, 3.05) is 13.2 Å². The lowest BCUT2D eigenvalue weighted by Gasteiger charge is -2.35. The molecular formula is C17H24BrNO3. The topological polar surface area (TPSA) is 49.8 Å². The largest absolute Gasteiger partial charge is 0.494 e. The van der Waals surface area contributed by atoms with Crippen molar-refractivity contribution in [3.05, 3.63) is 28.2 Å². The van der Waals surface area contributed by atoms with Crippen molar-refractivity contribution in [3.8, 4) is 5.75 Å². The zero-order chi connectivity index (χ0) is 16.1. The number of carbonyl (C=O) groups is 1. The first kappa shape index (κ1) is 17.1. The summed E-state index contributed by atoms with van der Waals surface area (Å²) in [6.45, 7) is 5.43. The van der Waals surface area contributed by atoms with Crippen LogP contribution in [0, 0.1) is 12.8 Å². The summed E-state index contributed by atoms with van der Waals surface area (Å²) in [6, 6.07) is 6.15. The van der Waals surface area contributed by atoms with E-state index in [1.54, 1.807) is 4.90 Å². The van der Waals surface area contributed by atoms with Crippen LogP contribution >= 0.6 is 15.9 Å². The summed E-state index contributed by atoms with van der Waals surface area (Å²) in [4.78, 5) is 12.6. The van der Waals surface area contributed by atoms with Gasteiger partial charge in [-0.3, -0.25) is 0 Å². The van der Waals surface area contributed by atoms with E-state index < -0.39 is 6.09 Å². The Labute approximate surface area is 140 Å². The number of nitrogens with zero attached hydrogens (tertiary/aromatic N) is 1. The van der Waals surface area contributed by atoms with Crippen LogP contribution in [-0.4, -0.2) is 35.3 Å². The standard InChI is InChI=1S/C17H24BrNO3/c1-12-10-15(5-6-16(12)18)22-9-3-4-14-7-8-19(17(20)21)13(2)11-14/h5-6,10,13-14H,3-4,7-9,11H2,1-2H3,(H,20,21)/t13-,14-/m0/s1. The van der Waals surface area contributed by atoms with Gasteiger partial charge in [0.1, 0.15) is 5.75 Å². The predicted octanol–water partition coefficient (Wildman–Crippen LogP) is 4.70. The highest BCUT2D eigenvalue weighted by molar-refractivity contribution is 9.10. The highest BCUT2D eigenvalue weighted by Crippen LogP contribution is 2.27. The van der Waals surface area contributed by atoms with E-state index in [2.05, 4.69) is 22.9 Å². The average Bonchev–Trinajstić information content (AvgIpc) is 2.47. The Kier molecular flexibility index (Phi) is 6.12. The first-order valence-corrected chi connectivity index (χ1v) is 8.65. The number of amides is 1. The Bertz CT molecular complexity index is 521. The molecule has 4 nitrogen and oxygen atoms in total. The molecule has 1 aromatic carbocycles. The smallest absolute Gasteiger partial charge is 0.407 e. The molecule has 2 atom stereocenters. The Balaban J connectivity index is 1.69. The lowest BCUT2D eigenvalue weighted by Crippen LogP contribution is -2.43. The fourth-order valence-corrected chi connectivity index (χ4v) is 3.33. The van der Waals surface area contributed by atoms with E-state index >= 15 is 0 Å². The quantitative estimate of drug-likeness (QED) is 0.765. The summed E-state index contributed by atoms with van der Waals surface area (Å²) < 4.78 is 6.89. The van der Waals surface area contributed by atoms with Crippen LogP contribution in [0.2, 0.25) is 0 Å². The number of rotatable bonds is 5. The lowest BCUT2D eigenvalue weighted by atomic mass is 9.88. The van der Waals surface area contributed by atoms with E-state index in [1.807, 2.05) is 25.1 Å². The number of benzene rings is 1. The number of aryl methyl sites for hydroxylation is 1. The Morgan fingerprint density at radius 2 is 2.27 bits per heavy atom. The van der Waals surface area contributed by atoms with Gasteiger partial charge in [0.05, 0.1) is 6.61 Å². The van der Waals surface area contributed by atoms with Gasteiger partial charge in [-0.1, -0.05) is 15.9 Å². The van der Waals surface area contributed by atoms with Gasteiger partial charge in [-0.2, -0.15) is 0 Å². The highest BCUT2D eigenvalue weighted by Gasteiger charge is 2.27. The molecule has 1 aliphatic heterocycles. The molecule has 1 fully saturated rings. The van der Waals surface area contributed by atoms with Crippen LogP contribution in [0.15, 0.2) is 22.7 Å². The van der Waals surface area contributed by atoms with E-state index in [0.717, 1.165) is 35.9 Å². The molecule has 1 aliphatic rings. The predicted molar refractivity (Wildman–Crippen MR) is 90.5 cm³/mol. The molecule has 5 heteroatoms. The van der Waals surface area contributed by atoms with Gasteiger partial charge < -0.3 is 14.7 Å². The number of halogens is 1. The van der Waals surface area contributed by atoms with E-state index in [4.69, 9.17) is 9.84 Å². The van der Waals surface area contributed by atoms with Crippen molar-refractivity contribution in [1.82, 2.24) is 4.90 Å². The average molecular weight is 370 g/mol. The van der Waals surface area contributed by atoms with Gasteiger partial charge in [0.15, 0.2) is 0 Å². The maximum atomic E-state index is 11.0. The van der Waals surface area contributed by atoms with Crippen molar-refractivity contribution in [2.45, 2.75) is 45.6 Å². The summed E-state index contributed by atoms with van der Waals surface area (Å²) in [6.07, 6.45) is 3.25. The third-order valence-electron chi connectivity index (χ3n) is 4.39. The lowest BCUT2D eigenvalue weighted by molar-refractivity contribution is 0.0928. The molecule has 22 heavy (non-hydrogen) atoms. The van der Waals surface area contributed by atoms with E-state index in [-0.39, 0.29) is 6.04 Å². The summed E-state index contributed by atoms with van der Waals surface area (Å²) in [5, 5.41) is 9.08. The number of hydrogen-bond donors (Lipinski definition) is 1. The molecule has 1 heterocycles. The number of likely N-dealkylation sites (tertiary alicyclic amines) is 1. The Morgan fingerprint density at radius 1 is 1.50 bits per heavy atom. The first-order chi connectivity index (χ1) is 10.5. The second-order valence-electron chi connectivity index (χ2n) is 6.12. The Hall–Kier alpha value is -1.23. The summed E-state index contributed by atoms with van der Waals surface area (Å²) in [7, 11) is 0. The number of carboxylic acid groups (broad SMARTS) is 1. The zero-order valence-electron chi connectivity index (χ0n) is 13.2. The van der Waals surface area contributed by atoms with Crippen LogP contribution in [0.1, 0.15) is 38.2 Å². The van der Waals surface area contributed by atoms with Crippen LogP contribution in [0.25, 0.3) is 0 Å². The third kappa shape index (κ3) is 4.63. The minimum absolute atomic E-state index is 0.131. The second-order valence-corrected chi connectivity index (χ2v) is 6.97. The van der Waals surface area contributed by atoms with Gasteiger partial charge in [0, 0.05) is 17.1 Å². The second kappa shape index (κ2) is 7.86. The molecule has 1 N–H and O–H groups in total. The molecule has 0 saturated carbocycles. The molecule has 1 aromatic rings. The van der Waals surface area contributed by atoms with Gasteiger partial charge >= 0.3 is 6.09 Å². The Morgan fingerprint density at radius 3 is 2.91 bits per heavy atom. The van der Waals surface area contributed by atoms with Crippen LogP contribution in [0.4, 0.5) is 4.79 Å². The van der Waals surface area contributed by atoms with Gasteiger partial charge in [-0.05, 0) is 69.2 Å². The number of ether oxygens (including phenoxy) is 1. The summed E-state index contributed by atoms with van der Waals surface area (Å²) in [5.74, 6) is 1.52. The van der Waals surface area contributed by atoms with Gasteiger partial charge in [-0.15, -0.1) is 0 Å². The van der Waals surface area contributed by atoms with Crippen LogP contribution in [0.5, 0.6) is 5.75 Å². The molecular weight excluding hydrogens is 346 g/mol. The number of hydrogen-bond acceptors (Lipinski definition) is 2. The molecule has 1 saturated heterocycles. The zero-order valence-corrected chi connectivity index (χ0v) is 14.8. The monoisotopic (exact) mass is 369 g/mol. The van der Waals surface area contributed by atoms with E-state index in [1.165, 1.54) is 5.56 Å². The maximum absolute atomic E-state index is 11.0. The molecule has 2 rings (SSSR count). The van der Waals surface area contributed by atoms with Crippen molar-refractivity contribution in [2.24, 2.45) is 5.92 Å². The van der Waals surface area contributed by atoms with Crippen LogP contribution in [0.3, 0.4) is 0 Å². The molecule has 0 bridgehead atoms. The molecule has 0 radical (unpaired) electrons. The fraction of sp³-hybridized carbons (Fsp3) is 0.588. The SMILES string of the molecule is Cc1cc(OCCC[C@H]2CCN(C(=O)O)[C@@H](C)C2)ccc1Br. The van der Waals surface area contributed by atoms with Gasteiger partial charge in [-0.25, -0.2) is 4.79 Å². The van der Waals surface area contributed by atoms with Crippen molar-refractivity contribution in [3.63, 3.8) is 0 Å². The van der Waals surface area contributed by atoms with Crippen molar-refractivity contribution >= 4 is 22.0 Å². The minimum Gasteiger partial charge on any atom is -0.494 e. The van der Waals surface area contributed by atoms with Crippen LogP contribution < -0.4 is 4.74 Å². The minimum atomic E-state index is -0.792. The van der Waals surface area contributed by atoms with E-state index in [9.17, 15) is 4.79 Å². The first-order valence-electron chi connectivity index (χ1n) is 7.86. The molecule has 0 aromatic heterocycles. The molecule has 0 aliphatic carbocycles. The fourth-order valence-electron chi connectivity index (χ4n) is 3.08. The molecule has 1 amide bonds. The van der Waals surface area contributed by atoms with Gasteiger partial charge in [0.25, 0.3) is 0 Å². The summed E-state index contributed by atoms with van der Waals surface area (Å²) >= 11 is 3.48. The highest BCUT2D eigenvalue weighted by atomic mass is 79.9. The molecule has 122 valence electrons. The molecule has 0 spiro atoms. The third-order valence-corrected chi connectivity index (χ3v) is 5.28. The maximum Gasteiger partial charge on any atom is 0.407 e. The van der Waals surface area contributed by atoms with Gasteiger partial charge in [0.2, 0.25) is 0 Å². The van der Waals surface area contributed by atoms with Crippen LogP contribution in [-0.2, 0) is 0 Å².